The first-order chi connectivity index (χ1) is 12.6. The Bertz CT molecular complexity index is 957. The molecule has 144 valence electrons. The number of hydrogen-bond donors (Lipinski definition) is 1. The van der Waals surface area contributed by atoms with Crippen LogP contribution in [-0.2, 0) is 14.8 Å². The van der Waals surface area contributed by atoms with Gasteiger partial charge in [0.2, 0.25) is 15.9 Å². The van der Waals surface area contributed by atoms with Crippen molar-refractivity contribution >= 4 is 33.0 Å². The van der Waals surface area contributed by atoms with Gasteiger partial charge < -0.3 is 10.1 Å². The highest BCUT2D eigenvalue weighted by Gasteiger charge is 2.24. The summed E-state index contributed by atoms with van der Waals surface area (Å²) in [4.78, 5) is 22.7. The number of nitrogens with zero attached hydrogens (tertiary/aromatic N) is 2. The molecule has 27 heavy (non-hydrogen) atoms. The number of carbonyl (C=O) groups is 1. The number of amides is 1. The second kappa shape index (κ2) is 8.04. The lowest BCUT2D eigenvalue weighted by Gasteiger charge is -2.23. The van der Waals surface area contributed by atoms with E-state index < -0.39 is 27.4 Å². The molecule has 0 aliphatic rings. The molecule has 0 heterocycles. The molecule has 10 heteroatoms. The van der Waals surface area contributed by atoms with E-state index in [2.05, 4.69) is 5.32 Å². The average molecular weight is 393 g/mol. The maximum Gasteiger partial charge on any atom is 0.271 e. The number of aryl methyl sites for hydroxylation is 1. The Morgan fingerprint density at radius 1 is 1.22 bits per heavy atom. The minimum atomic E-state index is -3.85. The molecule has 0 saturated carbocycles. The zero-order chi connectivity index (χ0) is 20.2. The Labute approximate surface area is 156 Å². The first-order valence-electron chi connectivity index (χ1n) is 7.78. The van der Waals surface area contributed by atoms with Crippen LogP contribution in [0.1, 0.15) is 5.56 Å². The third kappa shape index (κ3) is 5.17. The van der Waals surface area contributed by atoms with E-state index in [0.29, 0.717) is 17.0 Å². The zero-order valence-electron chi connectivity index (χ0n) is 15.0. The predicted molar refractivity (Wildman–Crippen MR) is 102 cm³/mol. The summed E-state index contributed by atoms with van der Waals surface area (Å²) < 4.78 is 30.3. The van der Waals surface area contributed by atoms with Gasteiger partial charge in [-0.1, -0.05) is 6.07 Å². The number of benzene rings is 2. The van der Waals surface area contributed by atoms with E-state index >= 15 is 0 Å². The van der Waals surface area contributed by atoms with Crippen molar-refractivity contribution in [1.82, 2.24) is 0 Å². The molecule has 0 aromatic heterocycles. The van der Waals surface area contributed by atoms with Crippen LogP contribution < -0.4 is 14.4 Å². The molecule has 0 saturated heterocycles. The fourth-order valence-electron chi connectivity index (χ4n) is 2.37. The third-order valence-corrected chi connectivity index (χ3v) is 4.86. The van der Waals surface area contributed by atoms with E-state index in [-0.39, 0.29) is 11.4 Å². The number of sulfonamides is 1. The van der Waals surface area contributed by atoms with Crippen molar-refractivity contribution in [3.8, 4) is 5.75 Å². The van der Waals surface area contributed by atoms with Gasteiger partial charge in [0.15, 0.2) is 0 Å². The monoisotopic (exact) mass is 393 g/mol. The number of nitro benzene ring substituents is 1. The summed E-state index contributed by atoms with van der Waals surface area (Å²) in [6.07, 6.45) is 0.936. The average Bonchev–Trinajstić information content (AvgIpc) is 2.60. The Balaban J connectivity index is 2.28. The lowest BCUT2D eigenvalue weighted by atomic mass is 10.2. The second-order valence-electron chi connectivity index (χ2n) is 5.77. The number of non-ortho nitro benzene ring substituents is 1. The fraction of sp³-hybridized carbons (Fsp3) is 0.235. The summed E-state index contributed by atoms with van der Waals surface area (Å²) in [7, 11) is -2.34. The fourth-order valence-corrected chi connectivity index (χ4v) is 3.27. The van der Waals surface area contributed by atoms with Crippen molar-refractivity contribution in [2.75, 3.05) is 29.5 Å². The molecular formula is C17H19N3O6S. The summed E-state index contributed by atoms with van der Waals surface area (Å²) in [6.45, 7) is 1.09. The Hall–Kier alpha value is -3.14. The Kier molecular flexibility index (Phi) is 6.01. The Morgan fingerprint density at radius 2 is 1.85 bits per heavy atom. The van der Waals surface area contributed by atoms with E-state index in [0.717, 1.165) is 16.6 Å². The van der Waals surface area contributed by atoms with E-state index in [9.17, 15) is 23.3 Å². The molecule has 1 N–H and O–H groups in total. The number of hydrogen-bond acceptors (Lipinski definition) is 6. The largest absolute Gasteiger partial charge is 0.497 e. The van der Waals surface area contributed by atoms with Gasteiger partial charge in [-0.05, 0) is 36.8 Å². The van der Waals surface area contributed by atoms with Crippen LogP contribution in [0.15, 0.2) is 42.5 Å². The summed E-state index contributed by atoms with van der Waals surface area (Å²) in [5.74, 6) is 0.0227. The molecule has 2 rings (SSSR count). The summed E-state index contributed by atoms with van der Waals surface area (Å²) >= 11 is 0. The molecule has 0 bridgehead atoms. The third-order valence-electron chi connectivity index (χ3n) is 3.73. The molecule has 2 aromatic carbocycles. The summed E-state index contributed by atoms with van der Waals surface area (Å²) in [5.41, 5.74) is 0.768. The maximum absolute atomic E-state index is 12.3. The van der Waals surface area contributed by atoms with Gasteiger partial charge in [0.25, 0.3) is 5.69 Å². The topological polar surface area (TPSA) is 119 Å². The molecule has 1 amide bonds. The number of rotatable bonds is 7. The SMILES string of the molecule is COc1ccc(NC(=O)CN(c2cc([N+](=O)[O-])ccc2C)S(C)(=O)=O)cc1. The van der Waals surface area contributed by atoms with Gasteiger partial charge in [-0.2, -0.15) is 0 Å². The lowest BCUT2D eigenvalue weighted by Crippen LogP contribution is -2.37. The van der Waals surface area contributed by atoms with Gasteiger partial charge in [0.05, 0.1) is 24.0 Å². The van der Waals surface area contributed by atoms with Gasteiger partial charge >= 0.3 is 0 Å². The van der Waals surface area contributed by atoms with Crippen LogP contribution in [0.2, 0.25) is 0 Å². The van der Waals surface area contributed by atoms with Gasteiger partial charge in [-0.3, -0.25) is 19.2 Å². The molecule has 2 aromatic rings. The first kappa shape index (κ1) is 20.2. The van der Waals surface area contributed by atoms with E-state index in [1.165, 1.54) is 19.2 Å². The molecule has 0 radical (unpaired) electrons. The highest BCUT2D eigenvalue weighted by atomic mass is 32.2. The van der Waals surface area contributed by atoms with Gasteiger partial charge in [0.1, 0.15) is 12.3 Å². The smallest absolute Gasteiger partial charge is 0.271 e. The van der Waals surface area contributed by atoms with Crippen LogP contribution in [0.5, 0.6) is 5.75 Å². The van der Waals surface area contributed by atoms with Crippen LogP contribution >= 0.6 is 0 Å². The van der Waals surface area contributed by atoms with Crippen molar-refractivity contribution in [3.63, 3.8) is 0 Å². The molecular weight excluding hydrogens is 374 g/mol. The van der Waals surface area contributed by atoms with Crippen molar-refractivity contribution in [2.45, 2.75) is 6.92 Å². The second-order valence-corrected chi connectivity index (χ2v) is 7.68. The molecule has 0 spiro atoms. The number of nitrogens with one attached hydrogen (secondary N) is 1. The lowest BCUT2D eigenvalue weighted by molar-refractivity contribution is -0.384. The highest BCUT2D eigenvalue weighted by molar-refractivity contribution is 7.92. The van der Waals surface area contributed by atoms with E-state index in [1.54, 1.807) is 31.2 Å². The molecule has 0 fully saturated rings. The molecule has 0 atom stereocenters. The van der Waals surface area contributed by atoms with Gasteiger partial charge in [-0.25, -0.2) is 8.42 Å². The summed E-state index contributed by atoms with van der Waals surface area (Å²) in [5, 5.41) is 13.6. The van der Waals surface area contributed by atoms with Gasteiger partial charge in [-0.15, -0.1) is 0 Å². The number of anilines is 2. The van der Waals surface area contributed by atoms with Crippen molar-refractivity contribution in [2.24, 2.45) is 0 Å². The van der Waals surface area contributed by atoms with Crippen molar-refractivity contribution in [3.05, 3.63) is 58.1 Å². The van der Waals surface area contributed by atoms with Crippen molar-refractivity contribution < 1.29 is 22.9 Å². The molecule has 0 aliphatic heterocycles. The van der Waals surface area contributed by atoms with E-state index in [1.807, 2.05) is 0 Å². The van der Waals surface area contributed by atoms with Crippen LogP contribution in [0.3, 0.4) is 0 Å². The number of methoxy groups -OCH3 is 1. The quantitative estimate of drug-likeness (QED) is 0.569. The molecule has 0 unspecified atom stereocenters. The standard InChI is InChI=1S/C17H19N3O6S/c1-12-4-7-14(20(22)23)10-16(12)19(27(3,24)25)11-17(21)18-13-5-8-15(26-2)9-6-13/h4-10H,11H2,1-3H3,(H,18,21). The number of nitro groups is 1. The minimum Gasteiger partial charge on any atom is -0.497 e. The molecule has 9 nitrogen and oxygen atoms in total. The van der Waals surface area contributed by atoms with Gasteiger partial charge in [0, 0.05) is 17.8 Å². The highest BCUT2D eigenvalue weighted by Crippen LogP contribution is 2.27. The van der Waals surface area contributed by atoms with Crippen LogP contribution in [0.4, 0.5) is 17.1 Å². The summed E-state index contributed by atoms with van der Waals surface area (Å²) in [6, 6.07) is 10.4. The zero-order valence-corrected chi connectivity index (χ0v) is 15.8. The van der Waals surface area contributed by atoms with Crippen LogP contribution in [0.25, 0.3) is 0 Å². The predicted octanol–water partition coefficient (Wildman–Crippen LogP) is 2.32. The number of carbonyl (C=O) groups excluding carboxylic acids is 1. The Morgan fingerprint density at radius 3 is 2.37 bits per heavy atom. The van der Waals surface area contributed by atoms with Crippen LogP contribution in [-0.4, -0.2) is 39.2 Å². The maximum atomic E-state index is 12.3. The van der Waals surface area contributed by atoms with E-state index in [4.69, 9.17) is 4.74 Å². The normalized spacial score (nSPS) is 10.9. The minimum absolute atomic E-state index is 0.0802. The number of ether oxygens (including phenoxy) is 1. The van der Waals surface area contributed by atoms with Crippen molar-refractivity contribution in [1.29, 1.82) is 0 Å². The molecule has 0 aliphatic carbocycles. The first-order valence-corrected chi connectivity index (χ1v) is 9.63. The van der Waals surface area contributed by atoms with Crippen LogP contribution in [0, 0.1) is 17.0 Å².